The van der Waals surface area contributed by atoms with Gasteiger partial charge in [0.1, 0.15) is 0 Å². The van der Waals surface area contributed by atoms with E-state index in [-0.39, 0.29) is 30.6 Å². The van der Waals surface area contributed by atoms with Gasteiger partial charge in [-0.1, -0.05) is 6.92 Å². The molecule has 3 N–H and O–H groups in total. The second-order valence-corrected chi connectivity index (χ2v) is 4.71. The summed E-state index contributed by atoms with van der Waals surface area (Å²) in [5, 5.41) is 13.7. The van der Waals surface area contributed by atoms with E-state index < -0.39 is 5.97 Å². The molecule has 0 heterocycles. The average molecular weight is 256 g/mol. The average Bonchev–Trinajstić information content (AvgIpc) is 3.01. The first-order chi connectivity index (χ1) is 8.50. The molecule has 0 aromatic rings. The summed E-state index contributed by atoms with van der Waals surface area (Å²) in [6.45, 7) is 2.73. The molecule has 0 spiro atoms. The first kappa shape index (κ1) is 14.5. The van der Waals surface area contributed by atoms with Crippen LogP contribution in [0.15, 0.2) is 0 Å². The van der Waals surface area contributed by atoms with Crippen LogP contribution >= 0.6 is 0 Å². The lowest BCUT2D eigenvalue weighted by Gasteiger charge is -2.05. The Balaban J connectivity index is 1.96. The minimum atomic E-state index is -0.866. The Morgan fingerprint density at radius 1 is 1.17 bits per heavy atom. The van der Waals surface area contributed by atoms with Gasteiger partial charge in [0.15, 0.2) is 0 Å². The third kappa shape index (κ3) is 5.65. The molecular weight excluding hydrogens is 236 g/mol. The van der Waals surface area contributed by atoms with Gasteiger partial charge in [0.05, 0.1) is 0 Å². The second kappa shape index (κ2) is 6.98. The fourth-order valence-electron chi connectivity index (χ4n) is 1.67. The van der Waals surface area contributed by atoms with Crippen LogP contribution in [0.3, 0.4) is 0 Å². The number of hydrogen-bond donors (Lipinski definition) is 3. The van der Waals surface area contributed by atoms with Crippen LogP contribution in [0.2, 0.25) is 0 Å². The van der Waals surface area contributed by atoms with Crippen LogP contribution in [0.4, 0.5) is 0 Å². The molecule has 2 atom stereocenters. The van der Waals surface area contributed by atoms with Crippen molar-refractivity contribution in [2.24, 2.45) is 11.8 Å². The second-order valence-electron chi connectivity index (χ2n) is 4.71. The molecule has 6 heteroatoms. The minimum absolute atomic E-state index is 0.0289. The SMILES string of the molecule is CC1CC1C(=O)NCCC(=O)NCCCC(=O)O. The van der Waals surface area contributed by atoms with Gasteiger partial charge in [-0.05, 0) is 18.8 Å². The van der Waals surface area contributed by atoms with E-state index in [2.05, 4.69) is 10.6 Å². The number of rotatable bonds is 8. The van der Waals surface area contributed by atoms with Crippen molar-refractivity contribution in [2.75, 3.05) is 13.1 Å². The van der Waals surface area contributed by atoms with E-state index in [1.165, 1.54) is 0 Å². The van der Waals surface area contributed by atoms with Crippen LogP contribution in [0, 0.1) is 11.8 Å². The van der Waals surface area contributed by atoms with E-state index in [0.29, 0.717) is 25.4 Å². The molecular formula is C12H20N2O4. The molecule has 2 amide bonds. The van der Waals surface area contributed by atoms with Crippen molar-refractivity contribution in [3.05, 3.63) is 0 Å². The number of carboxylic acids is 1. The van der Waals surface area contributed by atoms with Crippen molar-refractivity contribution in [3.63, 3.8) is 0 Å². The summed E-state index contributed by atoms with van der Waals surface area (Å²) in [5.74, 6) is -0.403. The minimum Gasteiger partial charge on any atom is -0.481 e. The summed E-state index contributed by atoms with van der Waals surface area (Å²) in [6, 6.07) is 0. The zero-order valence-corrected chi connectivity index (χ0v) is 10.6. The van der Waals surface area contributed by atoms with E-state index >= 15 is 0 Å². The molecule has 1 aliphatic rings. The molecule has 0 aliphatic heterocycles. The maximum Gasteiger partial charge on any atom is 0.303 e. The smallest absolute Gasteiger partial charge is 0.303 e. The van der Waals surface area contributed by atoms with Gasteiger partial charge in [-0.2, -0.15) is 0 Å². The highest BCUT2D eigenvalue weighted by Crippen LogP contribution is 2.37. The van der Waals surface area contributed by atoms with Gasteiger partial charge in [0, 0.05) is 31.8 Å². The Morgan fingerprint density at radius 3 is 2.39 bits per heavy atom. The number of carbonyl (C=O) groups excluding carboxylic acids is 2. The fourth-order valence-corrected chi connectivity index (χ4v) is 1.67. The standard InChI is InChI=1S/C12H20N2O4/c1-8-7-9(8)12(18)14-6-4-10(15)13-5-2-3-11(16)17/h8-9H,2-7H2,1H3,(H,13,15)(H,14,18)(H,16,17). The molecule has 102 valence electrons. The first-order valence-electron chi connectivity index (χ1n) is 6.27. The fraction of sp³-hybridized carbons (Fsp3) is 0.750. The summed E-state index contributed by atoms with van der Waals surface area (Å²) < 4.78 is 0. The quantitative estimate of drug-likeness (QED) is 0.538. The third-order valence-corrected chi connectivity index (χ3v) is 2.99. The number of carbonyl (C=O) groups is 3. The van der Waals surface area contributed by atoms with Crippen LogP contribution in [0.1, 0.15) is 32.6 Å². The molecule has 6 nitrogen and oxygen atoms in total. The van der Waals surface area contributed by atoms with Crippen molar-refractivity contribution < 1.29 is 19.5 Å². The van der Waals surface area contributed by atoms with E-state index in [1.807, 2.05) is 6.92 Å². The molecule has 0 aromatic carbocycles. The number of carboxylic acid groups (broad SMARTS) is 1. The van der Waals surface area contributed by atoms with Crippen LogP contribution in [0.25, 0.3) is 0 Å². The van der Waals surface area contributed by atoms with Crippen LogP contribution in [0.5, 0.6) is 0 Å². The molecule has 0 bridgehead atoms. The van der Waals surface area contributed by atoms with Crippen molar-refractivity contribution >= 4 is 17.8 Å². The monoisotopic (exact) mass is 256 g/mol. The molecule has 2 unspecified atom stereocenters. The molecule has 1 rings (SSSR count). The largest absolute Gasteiger partial charge is 0.481 e. The Bertz CT molecular complexity index is 330. The normalized spacial score (nSPS) is 21.2. The summed E-state index contributed by atoms with van der Waals surface area (Å²) >= 11 is 0. The third-order valence-electron chi connectivity index (χ3n) is 2.99. The van der Waals surface area contributed by atoms with Gasteiger partial charge in [-0.3, -0.25) is 14.4 Å². The molecule has 0 saturated heterocycles. The van der Waals surface area contributed by atoms with Crippen molar-refractivity contribution in [1.82, 2.24) is 10.6 Å². The molecule has 1 aliphatic carbocycles. The van der Waals surface area contributed by atoms with Crippen molar-refractivity contribution in [2.45, 2.75) is 32.6 Å². The zero-order valence-electron chi connectivity index (χ0n) is 10.6. The van der Waals surface area contributed by atoms with E-state index in [1.54, 1.807) is 0 Å². The highest BCUT2D eigenvalue weighted by Gasteiger charge is 2.38. The highest BCUT2D eigenvalue weighted by atomic mass is 16.4. The Hall–Kier alpha value is -1.59. The lowest BCUT2D eigenvalue weighted by atomic mass is 10.3. The Kier molecular flexibility index (Phi) is 5.61. The predicted octanol–water partition coefficient (Wildman–Crippen LogP) is 0.130. The number of nitrogens with one attached hydrogen (secondary N) is 2. The molecule has 0 aromatic heterocycles. The first-order valence-corrected chi connectivity index (χ1v) is 6.27. The van der Waals surface area contributed by atoms with Gasteiger partial charge >= 0.3 is 5.97 Å². The van der Waals surface area contributed by atoms with Gasteiger partial charge in [0.25, 0.3) is 0 Å². The zero-order chi connectivity index (χ0) is 13.5. The highest BCUT2D eigenvalue weighted by molar-refractivity contribution is 5.82. The van der Waals surface area contributed by atoms with Crippen molar-refractivity contribution in [1.29, 1.82) is 0 Å². The maximum absolute atomic E-state index is 11.4. The van der Waals surface area contributed by atoms with Gasteiger partial charge in [-0.25, -0.2) is 0 Å². The predicted molar refractivity (Wildman–Crippen MR) is 64.8 cm³/mol. The molecule has 18 heavy (non-hydrogen) atoms. The molecule has 1 fully saturated rings. The summed E-state index contributed by atoms with van der Waals surface area (Å²) in [6.07, 6.45) is 1.65. The lowest BCUT2D eigenvalue weighted by molar-refractivity contribution is -0.137. The van der Waals surface area contributed by atoms with Crippen LogP contribution < -0.4 is 10.6 Å². The van der Waals surface area contributed by atoms with Gasteiger partial charge in [0.2, 0.25) is 11.8 Å². The van der Waals surface area contributed by atoms with Crippen LogP contribution in [-0.4, -0.2) is 36.0 Å². The summed E-state index contributed by atoms with van der Waals surface area (Å²) in [7, 11) is 0. The van der Waals surface area contributed by atoms with Gasteiger partial charge in [-0.15, -0.1) is 0 Å². The van der Waals surface area contributed by atoms with E-state index in [4.69, 9.17) is 5.11 Å². The maximum atomic E-state index is 11.4. The van der Waals surface area contributed by atoms with Crippen molar-refractivity contribution in [3.8, 4) is 0 Å². The number of hydrogen-bond acceptors (Lipinski definition) is 3. The lowest BCUT2D eigenvalue weighted by Crippen LogP contribution is -2.32. The summed E-state index contributed by atoms with van der Waals surface area (Å²) in [5.41, 5.74) is 0. The molecule has 0 radical (unpaired) electrons. The number of aliphatic carboxylic acids is 1. The topological polar surface area (TPSA) is 95.5 Å². The Morgan fingerprint density at radius 2 is 1.83 bits per heavy atom. The van der Waals surface area contributed by atoms with Gasteiger partial charge < -0.3 is 15.7 Å². The van der Waals surface area contributed by atoms with Crippen LogP contribution in [-0.2, 0) is 14.4 Å². The van der Waals surface area contributed by atoms with E-state index in [9.17, 15) is 14.4 Å². The summed E-state index contributed by atoms with van der Waals surface area (Å²) in [4.78, 5) is 33.0. The molecule has 1 saturated carbocycles. The van der Waals surface area contributed by atoms with E-state index in [0.717, 1.165) is 6.42 Å². The Labute approximate surface area is 106 Å². The number of amides is 2.